The third-order valence-corrected chi connectivity index (χ3v) is 4.13. The monoisotopic (exact) mass is 265 g/mol. The van der Waals surface area contributed by atoms with Gasteiger partial charge in [-0.25, -0.2) is 0 Å². The van der Waals surface area contributed by atoms with E-state index in [1.165, 1.54) is 30.8 Å². The maximum atomic E-state index is 11.6. The SMILES string of the molecule is CC(=O)[C@H]1N=C(c2ccc(O)cc2O)SC1(C)C. The van der Waals surface area contributed by atoms with Gasteiger partial charge in [0, 0.05) is 16.4 Å². The fraction of sp³-hybridized carbons (Fsp3) is 0.385. The molecule has 1 aromatic rings. The fourth-order valence-electron chi connectivity index (χ4n) is 2.01. The number of hydrogen-bond acceptors (Lipinski definition) is 5. The predicted molar refractivity (Wildman–Crippen MR) is 72.4 cm³/mol. The molecule has 4 nitrogen and oxygen atoms in total. The summed E-state index contributed by atoms with van der Waals surface area (Å²) in [6, 6.07) is 3.97. The van der Waals surface area contributed by atoms with Crippen LogP contribution in [0.4, 0.5) is 0 Å². The van der Waals surface area contributed by atoms with Crippen molar-refractivity contribution < 1.29 is 15.0 Å². The van der Waals surface area contributed by atoms with Crippen molar-refractivity contribution in [3.8, 4) is 11.5 Å². The van der Waals surface area contributed by atoms with Crippen LogP contribution in [0.25, 0.3) is 0 Å². The molecule has 2 N–H and O–H groups in total. The number of hydrogen-bond donors (Lipinski definition) is 2. The molecular weight excluding hydrogens is 250 g/mol. The molecule has 0 saturated carbocycles. The van der Waals surface area contributed by atoms with Gasteiger partial charge in [-0.05, 0) is 32.9 Å². The summed E-state index contributed by atoms with van der Waals surface area (Å²) in [5.74, 6) is -0.00996. The second kappa shape index (κ2) is 4.31. The molecule has 18 heavy (non-hydrogen) atoms. The number of carbonyl (C=O) groups is 1. The van der Waals surface area contributed by atoms with Gasteiger partial charge in [0.2, 0.25) is 0 Å². The van der Waals surface area contributed by atoms with Gasteiger partial charge in [0.25, 0.3) is 0 Å². The zero-order valence-electron chi connectivity index (χ0n) is 10.5. The molecule has 1 atom stereocenters. The summed E-state index contributed by atoms with van der Waals surface area (Å²) in [5, 5.41) is 19.7. The number of nitrogens with zero attached hydrogens (tertiary/aromatic N) is 1. The van der Waals surface area contributed by atoms with Crippen molar-refractivity contribution in [1.29, 1.82) is 0 Å². The number of Topliss-reactive ketones (excluding diaryl/α,β-unsaturated/α-hetero) is 1. The van der Waals surface area contributed by atoms with Crippen LogP contribution in [0.3, 0.4) is 0 Å². The van der Waals surface area contributed by atoms with Crippen molar-refractivity contribution in [3.05, 3.63) is 23.8 Å². The van der Waals surface area contributed by atoms with Crippen LogP contribution in [-0.4, -0.2) is 31.8 Å². The van der Waals surface area contributed by atoms with Crippen molar-refractivity contribution in [2.75, 3.05) is 0 Å². The van der Waals surface area contributed by atoms with Crippen LogP contribution in [0.2, 0.25) is 0 Å². The van der Waals surface area contributed by atoms with E-state index in [1.807, 2.05) is 13.8 Å². The Morgan fingerprint density at radius 2 is 2.06 bits per heavy atom. The summed E-state index contributed by atoms with van der Waals surface area (Å²) < 4.78 is -0.314. The highest BCUT2D eigenvalue weighted by Crippen LogP contribution is 2.42. The van der Waals surface area contributed by atoms with Gasteiger partial charge in [0.15, 0.2) is 5.78 Å². The van der Waals surface area contributed by atoms with Crippen molar-refractivity contribution >= 4 is 22.6 Å². The van der Waals surface area contributed by atoms with Crippen molar-refractivity contribution in [2.24, 2.45) is 4.99 Å². The molecule has 0 radical (unpaired) electrons. The van der Waals surface area contributed by atoms with Gasteiger partial charge < -0.3 is 10.2 Å². The molecule has 0 amide bonds. The minimum absolute atomic E-state index is 0.00206. The predicted octanol–water partition coefficient (Wildman–Crippen LogP) is 2.33. The number of thioether (sulfide) groups is 1. The molecule has 0 aromatic heterocycles. The standard InChI is InChI=1S/C13H15NO3S/c1-7(15)11-13(2,3)18-12(14-11)9-5-4-8(16)6-10(9)17/h4-6,11,16-17H,1-3H3/t11-/m1/s1. The highest BCUT2D eigenvalue weighted by atomic mass is 32.2. The van der Waals surface area contributed by atoms with E-state index in [0.717, 1.165) is 0 Å². The second-order valence-corrected chi connectivity index (χ2v) is 6.50. The van der Waals surface area contributed by atoms with Crippen LogP contribution in [-0.2, 0) is 4.79 Å². The zero-order chi connectivity index (χ0) is 13.5. The van der Waals surface area contributed by atoms with Gasteiger partial charge in [-0.3, -0.25) is 9.79 Å². The summed E-state index contributed by atoms with van der Waals surface area (Å²) in [4.78, 5) is 15.9. The molecule has 1 aliphatic rings. The average molecular weight is 265 g/mol. The van der Waals surface area contributed by atoms with Crippen LogP contribution in [0.5, 0.6) is 11.5 Å². The number of phenols is 2. The van der Waals surface area contributed by atoms with Gasteiger partial charge >= 0.3 is 0 Å². The molecule has 0 aliphatic carbocycles. The number of carbonyl (C=O) groups excluding carboxylic acids is 1. The first kappa shape index (κ1) is 13.0. The molecule has 0 fully saturated rings. The first-order valence-electron chi connectivity index (χ1n) is 5.61. The van der Waals surface area contributed by atoms with E-state index in [9.17, 15) is 15.0 Å². The Morgan fingerprint density at radius 1 is 1.39 bits per heavy atom. The van der Waals surface area contributed by atoms with E-state index in [-0.39, 0.29) is 22.0 Å². The van der Waals surface area contributed by atoms with Gasteiger partial charge in [0.05, 0.1) is 0 Å². The lowest BCUT2D eigenvalue weighted by molar-refractivity contribution is -0.118. The lowest BCUT2D eigenvalue weighted by atomic mass is 10.0. The van der Waals surface area contributed by atoms with E-state index in [0.29, 0.717) is 10.6 Å². The van der Waals surface area contributed by atoms with Crippen LogP contribution >= 0.6 is 11.8 Å². The zero-order valence-corrected chi connectivity index (χ0v) is 11.3. The first-order valence-corrected chi connectivity index (χ1v) is 6.42. The summed E-state index contributed by atoms with van der Waals surface area (Å²) in [7, 11) is 0. The van der Waals surface area contributed by atoms with E-state index in [4.69, 9.17) is 0 Å². The molecule has 0 bridgehead atoms. The third-order valence-electron chi connectivity index (χ3n) is 2.86. The van der Waals surface area contributed by atoms with Gasteiger partial charge in [-0.15, -0.1) is 0 Å². The molecule has 5 heteroatoms. The molecule has 96 valence electrons. The van der Waals surface area contributed by atoms with Crippen molar-refractivity contribution in [2.45, 2.75) is 31.6 Å². The molecule has 0 saturated heterocycles. The Bertz CT molecular complexity index is 537. The number of ketones is 1. The number of aliphatic imine (C=N–C) groups is 1. The highest BCUT2D eigenvalue weighted by Gasteiger charge is 2.41. The fourth-order valence-corrected chi connectivity index (χ4v) is 3.28. The maximum absolute atomic E-state index is 11.6. The lowest BCUT2D eigenvalue weighted by Gasteiger charge is -2.21. The Hall–Kier alpha value is -1.49. The first-order chi connectivity index (χ1) is 8.31. The molecule has 1 aromatic carbocycles. The second-order valence-electron chi connectivity index (χ2n) is 4.85. The molecular formula is C13H15NO3S. The van der Waals surface area contributed by atoms with E-state index in [2.05, 4.69) is 4.99 Å². The number of aromatic hydroxyl groups is 2. The van der Waals surface area contributed by atoms with Crippen LogP contribution in [0.1, 0.15) is 26.3 Å². The van der Waals surface area contributed by atoms with E-state index in [1.54, 1.807) is 6.07 Å². The molecule has 1 heterocycles. The minimum atomic E-state index is -0.397. The van der Waals surface area contributed by atoms with Gasteiger partial charge in [-0.2, -0.15) is 0 Å². The normalized spacial score (nSPS) is 21.7. The summed E-state index contributed by atoms with van der Waals surface area (Å²) in [6.45, 7) is 5.44. The number of phenolic OH excluding ortho intramolecular Hbond substituents is 2. The molecule has 1 aliphatic heterocycles. The maximum Gasteiger partial charge on any atom is 0.155 e. The summed E-state index contributed by atoms with van der Waals surface area (Å²) >= 11 is 1.46. The van der Waals surface area contributed by atoms with Gasteiger partial charge in [0.1, 0.15) is 22.6 Å². The Balaban J connectivity index is 2.41. The Morgan fingerprint density at radius 3 is 2.56 bits per heavy atom. The average Bonchev–Trinajstić information content (AvgIpc) is 2.54. The minimum Gasteiger partial charge on any atom is -0.508 e. The van der Waals surface area contributed by atoms with Crippen LogP contribution < -0.4 is 0 Å². The van der Waals surface area contributed by atoms with Crippen molar-refractivity contribution in [1.82, 2.24) is 0 Å². The van der Waals surface area contributed by atoms with Crippen LogP contribution in [0, 0.1) is 0 Å². The molecule has 0 spiro atoms. The number of rotatable bonds is 2. The van der Waals surface area contributed by atoms with E-state index < -0.39 is 6.04 Å². The largest absolute Gasteiger partial charge is 0.508 e. The Kier molecular flexibility index (Phi) is 3.11. The van der Waals surface area contributed by atoms with Gasteiger partial charge in [-0.1, -0.05) is 11.8 Å². The van der Waals surface area contributed by atoms with Crippen molar-refractivity contribution in [3.63, 3.8) is 0 Å². The molecule has 2 rings (SSSR count). The number of benzene rings is 1. The van der Waals surface area contributed by atoms with E-state index >= 15 is 0 Å². The smallest absolute Gasteiger partial charge is 0.155 e. The lowest BCUT2D eigenvalue weighted by Crippen LogP contribution is -2.33. The highest BCUT2D eigenvalue weighted by molar-refractivity contribution is 8.16. The van der Waals surface area contributed by atoms with Crippen LogP contribution in [0.15, 0.2) is 23.2 Å². The quantitative estimate of drug-likeness (QED) is 0.861. The topological polar surface area (TPSA) is 69.9 Å². The summed E-state index contributed by atoms with van der Waals surface area (Å²) in [6.07, 6.45) is 0. The molecule has 0 unspecified atom stereocenters. The Labute approximate surface area is 110 Å². The third kappa shape index (κ3) is 2.22. The summed E-state index contributed by atoms with van der Waals surface area (Å²) in [5.41, 5.74) is 0.551.